The van der Waals surface area contributed by atoms with Crippen molar-refractivity contribution in [2.75, 3.05) is 26.3 Å². The van der Waals surface area contributed by atoms with Gasteiger partial charge in [0, 0.05) is 13.1 Å². The number of ether oxygens (including phenoxy) is 2. The quantitative estimate of drug-likeness (QED) is 0.513. The molecular formula is C28H38ClNO4. The molecule has 1 saturated carbocycles. The fourth-order valence-corrected chi connectivity index (χ4v) is 5.16. The number of hydrogen-bond acceptors (Lipinski definition) is 5. The molecule has 6 heteroatoms. The van der Waals surface area contributed by atoms with Gasteiger partial charge in [0.15, 0.2) is 0 Å². The number of nitrogens with zero attached hydrogens (tertiary/aromatic N) is 1. The average molecular weight is 488 g/mol. The van der Waals surface area contributed by atoms with Crippen LogP contribution >= 0.6 is 11.6 Å². The van der Waals surface area contributed by atoms with E-state index in [0.717, 1.165) is 63.1 Å². The van der Waals surface area contributed by atoms with Crippen LogP contribution in [0.15, 0.2) is 42.5 Å². The molecule has 0 aromatic heterocycles. The Balaban J connectivity index is 1.25. The number of likely N-dealkylation sites (tertiary alicyclic amines) is 1. The zero-order valence-electron chi connectivity index (χ0n) is 20.3. The molecule has 2 N–H and O–H groups in total. The van der Waals surface area contributed by atoms with Crippen LogP contribution in [0.3, 0.4) is 0 Å². The number of halogens is 1. The Morgan fingerprint density at radius 3 is 2.26 bits per heavy atom. The topological polar surface area (TPSA) is 62.2 Å². The van der Waals surface area contributed by atoms with Gasteiger partial charge in [0.25, 0.3) is 0 Å². The molecule has 1 atom stereocenters. The lowest BCUT2D eigenvalue weighted by atomic mass is 9.85. The molecule has 0 radical (unpaired) electrons. The minimum Gasteiger partial charge on any atom is -0.491 e. The van der Waals surface area contributed by atoms with E-state index in [2.05, 4.69) is 17.0 Å². The first kappa shape index (κ1) is 25.3. The second-order valence-electron chi connectivity index (χ2n) is 10.3. The summed E-state index contributed by atoms with van der Waals surface area (Å²) in [5.41, 5.74) is 0.782. The van der Waals surface area contributed by atoms with Crippen LogP contribution in [-0.2, 0) is 6.54 Å². The van der Waals surface area contributed by atoms with Crippen LogP contribution in [0.1, 0.15) is 62.5 Å². The first-order valence-corrected chi connectivity index (χ1v) is 13.0. The summed E-state index contributed by atoms with van der Waals surface area (Å²) in [7, 11) is 0. The van der Waals surface area contributed by atoms with E-state index in [0.29, 0.717) is 30.2 Å². The number of aliphatic hydroxyl groups is 2. The number of benzene rings is 2. The summed E-state index contributed by atoms with van der Waals surface area (Å²) in [5, 5.41) is 22.4. The van der Waals surface area contributed by atoms with Gasteiger partial charge in [-0.25, -0.2) is 0 Å². The van der Waals surface area contributed by atoms with Crippen LogP contribution in [0.4, 0.5) is 0 Å². The van der Waals surface area contributed by atoms with Gasteiger partial charge in [-0.15, -0.1) is 0 Å². The maximum absolute atomic E-state index is 11.1. The second kappa shape index (κ2) is 11.3. The van der Waals surface area contributed by atoms with Crippen molar-refractivity contribution in [2.45, 2.75) is 76.0 Å². The lowest BCUT2D eigenvalue weighted by Crippen LogP contribution is -2.37. The highest BCUT2D eigenvalue weighted by Gasteiger charge is 2.32. The Labute approximate surface area is 208 Å². The largest absolute Gasteiger partial charge is 0.491 e. The SMILES string of the molecule is Cc1ccc(Cl)c(OC[C@]2(O)CCCN(Cc3ccc(OCC4(O)CCCCC4)cc3)CC2)c1. The summed E-state index contributed by atoms with van der Waals surface area (Å²) in [6, 6.07) is 13.9. The minimum absolute atomic E-state index is 0.252. The fourth-order valence-electron chi connectivity index (χ4n) is 4.99. The normalized spacial score (nSPS) is 23.3. The van der Waals surface area contributed by atoms with Gasteiger partial charge in [-0.3, -0.25) is 4.90 Å². The molecular weight excluding hydrogens is 450 g/mol. The summed E-state index contributed by atoms with van der Waals surface area (Å²) >= 11 is 6.25. The van der Waals surface area contributed by atoms with Crippen molar-refractivity contribution in [2.24, 2.45) is 0 Å². The molecule has 5 nitrogen and oxygen atoms in total. The number of hydrogen-bond donors (Lipinski definition) is 2. The summed E-state index contributed by atoms with van der Waals surface area (Å²) in [5.74, 6) is 1.44. The van der Waals surface area contributed by atoms with Gasteiger partial charge in [0.05, 0.1) is 16.2 Å². The predicted octanol–water partition coefficient (Wildman–Crippen LogP) is 5.52. The van der Waals surface area contributed by atoms with Gasteiger partial charge >= 0.3 is 0 Å². The van der Waals surface area contributed by atoms with Crippen molar-refractivity contribution in [3.63, 3.8) is 0 Å². The summed E-state index contributed by atoms with van der Waals surface area (Å²) in [6.45, 7) is 5.21. The zero-order chi connectivity index (χ0) is 24.0. The Morgan fingerprint density at radius 1 is 0.824 bits per heavy atom. The molecule has 34 heavy (non-hydrogen) atoms. The van der Waals surface area contributed by atoms with Crippen LogP contribution in [0.25, 0.3) is 0 Å². The van der Waals surface area contributed by atoms with Gasteiger partial charge in [0.1, 0.15) is 24.7 Å². The molecule has 1 heterocycles. The first-order chi connectivity index (χ1) is 16.3. The van der Waals surface area contributed by atoms with Crippen LogP contribution in [0.5, 0.6) is 11.5 Å². The van der Waals surface area contributed by atoms with E-state index in [1.54, 1.807) is 0 Å². The second-order valence-corrected chi connectivity index (χ2v) is 10.7. The summed E-state index contributed by atoms with van der Waals surface area (Å²) < 4.78 is 11.8. The van der Waals surface area contributed by atoms with Crippen molar-refractivity contribution >= 4 is 11.6 Å². The maximum atomic E-state index is 11.1. The fraction of sp³-hybridized carbons (Fsp3) is 0.571. The standard InChI is InChI=1S/C28H38ClNO4/c1-22-6-11-25(29)26(18-22)34-21-28(32)14-5-16-30(17-15-28)19-23-7-9-24(10-8-23)33-20-27(31)12-3-2-4-13-27/h6-11,18,31-32H,2-5,12-17,19-21H2,1H3/t28-/m0/s1. The van der Waals surface area contributed by atoms with Crippen molar-refractivity contribution in [1.82, 2.24) is 4.90 Å². The molecule has 0 bridgehead atoms. The number of rotatable bonds is 8. The average Bonchev–Trinajstić information content (AvgIpc) is 3.01. The van der Waals surface area contributed by atoms with E-state index in [9.17, 15) is 10.2 Å². The Bertz CT molecular complexity index is 929. The van der Waals surface area contributed by atoms with Gasteiger partial charge < -0.3 is 19.7 Å². The molecule has 1 aliphatic carbocycles. The van der Waals surface area contributed by atoms with Gasteiger partial charge in [-0.05, 0) is 81.0 Å². The molecule has 2 aliphatic rings. The van der Waals surface area contributed by atoms with Crippen LogP contribution in [0.2, 0.25) is 5.02 Å². The predicted molar refractivity (Wildman–Crippen MR) is 136 cm³/mol. The van der Waals surface area contributed by atoms with Gasteiger partial charge in [0.2, 0.25) is 0 Å². The molecule has 1 saturated heterocycles. The minimum atomic E-state index is -0.848. The zero-order valence-corrected chi connectivity index (χ0v) is 21.0. The monoisotopic (exact) mass is 487 g/mol. The van der Waals surface area contributed by atoms with Crippen molar-refractivity contribution in [3.05, 3.63) is 58.6 Å². The molecule has 0 amide bonds. The summed E-state index contributed by atoms with van der Waals surface area (Å²) in [4.78, 5) is 2.39. The lowest BCUT2D eigenvalue weighted by Gasteiger charge is -2.31. The van der Waals surface area contributed by atoms with E-state index in [-0.39, 0.29) is 6.61 Å². The molecule has 0 unspecified atom stereocenters. The molecule has 0 spiro atoms. The van der Waals surface area contributed by atoms with Gasteiger partial charge in [-0.1, -0.05) is 49.1 Å². The van der Waals surface area contributed by atoms with E-state index in [4.69, 9.17) is 21.1 Å². The van der Waals surface area contributed by atoms with Crippen LogP contribution < -0.4 is 9.47 Å². The highest BCUT2D eigenvalue weighted by atomic mass is 35.5. The Morgan fingerprint density at radius 2 is 1.50 bits per heavy atom. The Hall–Kier alpha value is -1.79. The molecule has 186 valence electrons. The van der Waals surface area contributed by atoms with E-state index < -0.39 is 11.2 Å². The Kier molecular flexibility index (Phi) is 8.41. The number of aryl methyl sites for hydroxylation is 1. The smallest absolute Gasteiger partial charge is 0.138 e. The molecule has 1 aliphatic heterocycles. The summed E-state index contributed by atoms with van der Waals surface area (Å²) in [6.07, 6.45) is 7.31. The van der Waals surface area contributed by atoms with E-state index in [1.807, 2.05) is 37.3 Å². The van der Waals surface area contributed by atoms with Crippen molar-refractivity contribution in [3.8, 4) is 11.5 Å². The molecule has 2 aromatic rings. The third-order valence-electron chi connectivity index (χ3n) is 7.21. The van der Waals surface area contributed by atoms with Crippen molar-refractivity contribution in [1.29, 1.82) is 0 Å². The highest BCUT2D eigenvalue weighted by molar-refractivity contribution is 6.32. The van der Waals surface area contributed by atoms with Crippen molar-refractivity contribution < 1.29 is 19.7 Å². The lowest BCUT2D eigenvalue weighted by molar-refractivity contribution is -0.0339. The third kappa shape index (κ3) is 7.11. The molecule has 2 fully saturated rings. The van der Waals surface area contributed by atoms with E-state index >= 15 is 0 Å². The molecule has 4 rings (SSSR count). The highest BCUT2D eigenvalue weighted by Crippen LogP contribution is 2.30. The van der Waals surface area contributed by atoms with Gasteiger partial charge in [-0.2, -0.15) is 0 Å². The van der Waals surface area contributed by atoms with Crippen LogP contribution in [-0.4, -0.2) is 52.6 Å². The third-order valence-corrected chi connectivity index (χ3v) is 7.53. The van der Waals surface area contributed by atoms with E-state index in [1.165, 1.54) is 12.0 Å². The maximum Gasteiger partial charge on any atom is 0.138 e. The first-order valence-electron chi connectivity index (χ1n) is 12.6. The van der Waals surface area contributed by atoms with Crippen LogP contribution in [0, 0.1) is 6.92 Å². The molecule has 2 aromatic carbocycles.